The van der Waals surface area contributed by atoms with Crippen molar-refractivity contribution >= 4 is 0 Å². The number of rotatable bonds is 6. The Morgan fingerprint density at radius 1 is 1.10 bits per heavy atom. The zero-order chi connectivity index (χ0) is 14.5. The summed E-state index contributed by atoms with van der Waals surface area (Å²) in [5, 5.41) is 3.89. The van der Waals surface area contributed by atoms with Crippen molar-refractivity contribution in [2.24, 2.45) is 5.92 Å². The highest BCUT2D eigenvalue weighted by Gasteiger charge is 2.27. The molecule has 1 N–H and O–H groups in total. The molecule has 2 fully saturated rings. The molecule has 2 nitrogen and oxygen atoms in total. The maximum Gasteiger partial charge on any atom is 0.00940 e. The Balaban J connectivity index is 1.35. The predicted molar refractivity (Wildman–Crippen MR) is 89.5 cm³/mol. The van der Waals surface area contributed by atoms with E-state index in [1.807, 2.05) is 0 Å². The molecule has 1 aromatic carbocycles. The Bertz CT molecular complexity index is 405. The minimum absolute atomic E-state index is 0.736. The lowest BCUT2D eigenvalue weighted by Crippen LogP contribution is -2.48. The van der Waals surface area contributed by atoms with Crippen LogP contribution in [0.5, 0.6) is 0 Å². The summed E-state index contributed by atoms with van der Waals surface area (Å²) in [6.45, 7) is 6.14. The van der Waals surface area contributed by atoms with Crippen LogP contribution in [0.2, 0.25) is 0 Å². The van der Waals surface area contributed by atoms with Crippen LogP contribution in [-0.4, -0.2) is 36.6 Å². The van der Waals surface area contributed by atoms with Crippen molar-refractivity contribution in [1.29, 1.82) is 0 Å². The highest BCUT2D eigenvalue weighted by Crippen LogP contribution is 2.30. The first-order valence-corrected chi connectivity index (χ1v) is 8.83. The van der Waals surface area contributed by atoms with Crippen LogP contribution in [0.1, 0.15) is 44.6 Å². The molecule has 2 aliphatic rings. The molecule has 1 aliphatic heterocycles. The summed E-state index contributed by atoms with van der Waals surface area (Å²) in [6, 6.07) is 12.4. The van der Waals surface area contributed by atoms with Gasteiger partial charge in [0, 0.05) is 18.6 Å². The Morgan fingerprint density at radius 3 is 2.43 bits per heavy atom. The minimum atomic E-state index is 0.736. The van der Waals surface area contributed by atoms with E-state index < -0.39 is 0 Å². The largest absolute Gasteiger partial charge is 0.311 e. The van der Waals surface area contributed by atoms with Crippen LogP contribution in [0, 0.1) is 5.92 Å². The number of nitrogens with zero attached hydrogens (tertiary/aromatic N) is 1. The molecule has 1 heterocycles. The van der Waals surface area contributed by atoms with Crippen molar-refractivity contribution in [3.05, 3.63) is 35.9 Å². The van der Waals surface area contributed by atoms with Crippen LogP contribution in [0.4, 0.5) is 0 Å². The number of benzene rings is 1. The van der Waals surface area contributed by atoms with Crippen molar-refractivity contribution < 1.29 is 0 Å². The highest BCUT2D eigenvalue weighted by molar-refractivity contribution is 5.14. The van der Waals surface area contributed by atoms with Gasteiger partial charge in [-0.25, -0.2) is 0 Å². The molecule has 2 heteroatoms. The number of piperidine rings is 1. The van der Waals surface area contributed by atoms with Gasteiger partial charge in [0.05, 0.1) is 0 Å². The molecule has 3 rings (SSSR count). The lowest BCUT2D eigenvalue weighted by molar-refractivity contribution is 0.167. The number of hydrogen-bond donors (Lipinski definition) is 1. The average molecular weight is 286 g/mol. The van der Waals surface area contributed by atoms with Gasteiger partial charge in [0.15, 0.2) is 0 Å². The molecule has 1 saturated carbocycles. The van der Waals surface area contributed by atoms with Gasteiger partial charge in [0.1, 0.15) is 0 Å². The van der Waals surface area contributed by atoms with Gasteiger partial charge in [-0.2, -0.15) is 0 Å². The van der Waals surface area contributed by atoms with E-state index in [9.17, 15) is 0 Å². The number of nitrogens with one attached hydrogen (secondary N) is 1. The van der Waals surface area contributed by atoms with Crippen LogP contribution < -0.4 is 5.32 Å². The van der Waals surface area contributed by atoms with Gasteiger partial charge in [0.25, 0.3) is 0 Å². The van der Waals surface area contributed by atoms with Gasteiger partial charge in [0.2, 0.25) is 0 Å². The van der Waals surface area contributed by atoms with Crippen molar-refractivity contribution in [1.82, 2.24) is 10.2 Å². The Morgan fingerprint density at radius 2 is 1.81 bits per heavy atom. The van der Waals surface area contributed by atoms with E-state index >= 15 is 0 Å². The van der Waals surface area contributed by atoms with Crippen LogP contribution in [0.3, 0.4) is 0 Å². The maximum absolute atomic E-state index is 3.89. The molecular formula is C19H30N2. The molecule has 1 aromatic rings. The SMILES string of the molecule is CC(NC1CCN(CCc2ccccc2)CC1)C1CCC1. The molecule has 0 spiro atoms. The van der Waals surface area contributed by atoms with Crippen molar-refractivity contribution in [2.45, 2.75) is 57.5 Å². The van der Waals surface area contributed by atoms with E-state index in [-0.39, 0.29) is 0 Å². The topological polar surface area (TPSA) is 15.3 Å². The summed E-state index contributed by atoms with van der Waals surface area (Å²) in [5.41, 5.74) is 1.47. The van der Waals surface area contributed by atoms with Gasteiger partial charge in [-0.3, -0.25) is 0 Å². The maximum atomic E-state index is 3.89. The fourth-order valence-electron chi connectivity index (χ4n) is 3.70. The quantitative estimate of drug-likeness (QED) is 0.861. The van der Waals surface area contributed by atoms with Crippen molar-refractivity contribution in [2.75, 3.05) is 19.6 Å². The Hall–Kier alpha value is -0.860. The van der Waals surface area contributed by atoms with Crippen LogP contribution in [0.25, 0.3) is 0 Å². The molecule has 0 bridgehead atoms. The summed E-state index contributed by atoms with van der Waals surface area (Å²) >= 11 is 0. The van der Waals surface area contributed by atoms with Gasteiger partial charge in [-0.1, -0.05) is 36.8 Å². The second-order valence-corrected chi connectivity index (χ2v) is 7.00. The van der Waals surface area contributed by atoms with Crippen LogP contribution >= 0.6 is 0 Å². The zero-order valence-electron chi connectivity index (χ0n) is 13.4. The molecule has 1 saturated heterocycles. The monoisotopic (exact) mass is 286 g/mol. The van der Waals surface area contributed by atoms with E-state index in [1.54, 1.807) is 0 Å². The Kier molecular flexibility index (Phi) is 5.32. The average Bonchev–Trinajstić information content (AvgIpc) is 2.46. The first kappa shape index (κ1) is 15.1. The second-order valence-electron chi connectivity index (χ2n) is 7.00. The van der Waals surface area contributed by atoms with Crippen LogP contribution in [0.15, 0.2) is 30.3 Å². The van der Waals surface area contributed by atoms with Gasteiger partial charge < -0.3 is 10.2 Å². The molecule has 21 heavy (non-hydrogen) atoms. The minimum Gasteiger partial charge on any atom is -0.311 e. The molecule has 0 amide bonds. The van der Waals surface area contributed by atoms with Crippen molar-refractivity contribution in [3.8, 4) is 0 Å². The van der Waals surface area contributed by atoms with Crippen molar-refractivity contribution in [3.63, 3.8) is 0 Å². The summed E-state index contributed by atoms with van der Waals surface area (Å²) in [7, 11) is 0. The zero-order valence-corrected chi connectivity index (χ0v) is 13.4. The molecule has 0 aromatic heterocycles. The predicted octanol–water partition coefficient (Wildman–Crippen LogP) is 3.47. The summed E-state index contributed by atoms with van der Waals surface area (Å²) in [5.74, 6) is 0.959. The lowest BCUT2D eigenvalue weighted by atomic mass is 9.80. The van der Waals surface area contributed by atoms with E-state index in [0.717, 1.165) is 18.0 Å². The summed E-state index contributed by atoms with van der Waals surface area (Å²) in [6.07, 6.45) is 8.19. The Labute approximate surface area is 129 Å². The van der Waals surface area contributed by atoms with E-state index in [2.05, 4.69) is 47.5 Å². The smallest absolute Gasteiger partial charge is 0.00940 e. The lowest BCUT2D eigenvalue weighted by Gasteiger charge is -2.38. The van der Waals surface area contributed by atoms with E-state index in [1.165, 1.54) is 63.7 Å². The molecule has 116 valence electrons. The fraction of sp³-hybridized carbons (Fsp3) is 0.684. The normalized spacial score (nSPS) is 22.9. The summed E-state index contributed by atoms with van der Waals surface area (Å²) in [4.78, 5) is 2.64. The highest BCUT2D eigenvalue weighted by atomic mass is 15.1. The van der Waals surface area contributed by atoms with E-state index in [4.69, 9.17) is 0 Å². The van der Waals surface area contributed by atoms with Gasteiger partial charge in [-0.05, 0) is 63.6 Å². The molecular weight excluding hydrogens is 256 g/mol. The first-order valence-electron chi connectivity index (χ1n) is 8.83. The summed E-state index contributed by atoms with van der Waals surface area (Å²) < 4.78 is 0. The third-order valence-corrected chi connectivity index (χ3v) is 5.50. The molecule has 0 radical (unpaired) electrons. The molecule has 1 unspecified atom stereocenters. The fourth-order valence-corrected chi connectivity index (χ4v) is 3.70. The third-order valence-electron chi connectivity index (χ3n) is 5.50. The number of hydrogen-bond acceptors (Lipinski definition) is 2. The first-order chi connectivity index (χ1) is 10.3. The van der Waals surface area contributed by atoms with Gasteiger partial charge >= 0.3 is 0 Å². The van der Waals surface area contributed by atoms with Crippen LogP contribution in [-0.2, 0) is 6.42 Å². The third kappa shape index (κ3) is 4.31. The number of likely N-dealkylation sites (tertiary alicyclic amines) is 1. The second kappa shape index (κ2) is 7.42. The van der Waals surface area contributed by atoms with E-state index in [0.29, 0.717) is 0 Å². The van der Waals surface area contributed by atoms with Gasteiger partial charge in [-0.15, -0.1) is 0 Å². The molecule has 1 aliphatic carbocycles. The molecule has 1 atom stereocenters. The standard InChI is InChI=1S/C19H30N2/c1-16(18-8-5-9-18)20-19-11-14-21(15-12-19)13-10-17-6-3-2-4-7-17/h2-4,6-7,16,18-20H,5,8-15H2,1H3.